The zero-order valence-corrected chi connectivity index (χ0v) is 15.9. The molecule has 0 aliphatic heterocycles. The molecule has 0 aliphatic carbocycles. The number of nitrogens with zero attached hydrogens (tertiary/aromatic N) is 1. The van der Waals surface area contributed by atoms with Crippen LogP contribution in [-0.2, 0) is 13.2 Å². The Morgan fingerprint density at radius 2 is 1.81 bits per heavy atom. The van der Waals surface area contributed by atoms with Gasteiger partial charge in [-0.3, -0.25) is 4.79 Å². The van der Waals surface area contributed by atoms with Crippen molar-refractivity contribution in [2.24, 2.45) is 7.05 Å². The Kier molecular flexibility index (Phi) is 4.60. The molecule has 136 valence electrons. The van der Waals surface area contributed by atoms with Gasteiger partial charge >= 0.3 is 6.18 Å². The largest absolute Gasteiger partial charge is 0.418 e. The Hall–Kier alpha value is -2.28. The molecule has 1 heterocycles. The third kappa shape index (κ3) is 3.23. The standard InChI is InChI=1S/C19H16BrF3N2O/c1-10-11(2)25(3)17-7-4-12(8-14(10)17)18(26)24-16-6-5-13(20)9-15(16)19(21,22)23/h4-9H,1-3H3,(H,24,26). The molecule has 0 saturated heterocycles. The van der Waals surface area contributed by atoms with Crippen LogP contribution in [0, 0.1) is 13.8 Å². The monoisotopic (exact) mass is 424 g/mol. The van der Waals surface area contributed by atoms with E-state index in [1.54, 1.807) is 18.2 Å². The summed E-state index contributed by atoms with van der Waals surface area (Å²) < 4.78 is 42.0. The fourth-order valence-corrected chi connectivity index (χ4v) is 3.31. The maximum Gasteiger partial charge on any atom is 0.418 e. The van der Waals surface area contributed by atoms with Crippen molar-refractivity contribution in [2.45, 2.75) is 20.0 Å². The van der Waals surface area contributed by atoms with Crippen LogP contribution in [-0.4, -0.2) is 10.5 Å². The highest BCUT2D eigenvalue weighted by Gasteiger charge is 2.34. The van der Waals surface area contributed by atoms with Gasteiger partial charge in [0.1, 0.15) is 0 Å². The number of rotatable bonds is 2. The molecular formula is C19H16BrF3N2O. The lowest BCUT2D eigenvalue weighted by Crippen LogP contribution is -2.16. The van der Waals surface area contributed by atoms with Gasteiger partial charge in [-0.25, -0.2) is 0 Å². The molecule has 3 rings (SSSR count). The summed E-state index contributed by atoms with van der Waals surface area (Å²) in [5.74, 6) is -0.583. The van der Waals surface area contributed by atoms with Crippen molar-refractivity contribution in [3.05, 3.63) is 63.3 Å². The van der Waals surface area contributed by atoms with Crippen molar-refractivity contribution >= 4 is 38.4 Å². The van der Waals surface area contributed by atoms with Gasteiger partial charge in [-0.05, 0) is 55.8 Å². The number of hydrogen-bond acceptors (Lipinski definition) is 1. The number of alkyl halides is 3. The molecule has 0 fully saturated rings. The van der Waals surface area contributed by atoms with E-state index in [1.807, 2.05) is 25.5 Å². The first-order chi connectivity index (χ1) is 12.1. The predicted octanol–water partition coefficient (Wildman–Crippen LogP) is 5.83. The number of amides is 1. The highest BCUT2D eigenvalue weighted by Crippen LogP contribution is 2.37. The van der Waals surface area contributed by atoms with Gasteiger partial charge in [0.15, 0.2) is 0 Å². The molecule has 7 heteroatoms. The summed E-state index contributed by atoms with van der Waals surface area (Å²) >= 11 is 3.03. The minimum absolute atomic E-state index is 0.272. The Labute approximate surface area is 156 Å². The van der Waals surface area contributed by atoms with Crippen molar-refractivity contribution < 1.29 is 18.0 Å². The number of benzene rings is 2. The fourth-order valence-electron chi connectivity index (χ4n) is 2.95. The second-order valence-corrected chi connectivity index (χ2v) is 7.06. The first-order valence-electron chi connectivity index (χ1n) is 7.83. The van der Waals surface area contributed by atoms with Crippen LogP contribution in [0.4, 0.5) is 18.9 Å². The van der Waals surface area contributed by atoms with Gasteiger partial charge in [-0.15, -0.1) is 0 Å². The maximum atomic E-state index is 13.2. The molecule has 0 spiro atoms. The number of anilines is 1. The summed E-state index contributed by atoms with van der Waals surface area (Å²) in [5.41, 5.74) is 2.22. The maximum absolute atomic E-state index is 13.2. The van der Waals surface area contributed by atoms with Crippen LogP contribution in [0.5, 0.6) is 0 Å². The van der Waals surface area contributed by atoms with Gasteiger partial charge in [-0.2, -0.15) is 13.2 Å². The topological polar surface area (TPSA) is 34.0 Å². The van der Waals surface area contributed by atoms with Crippen molar-refractivity contribution in [3.63, 3.8) is 0 Å². The third-order valence-electron chi connectivity index (χ3n) is 4.61. The van der Waals surface area contributed by atoms with E-state index in [-0.39, 0.29) is 5.69 Å². The van der Waals surface area contributed by atoms with Crippen molar-refractivity contribution in [1.82, 2.24) is 4.57 Å². The number of nitrogens with one attached hydrogen (secondary N) is 1. The van der Waals surface area contributed by atoms with Crippen LogP contribution < -0.4 is 5.32 Å². The van der Waals surface area contributed by atoms with Crippen molar-refractivity contribution in [3.8, 4) is 0 Å². The van der Waals surface area contributed by atoms with Crippen LogP contribution in [0.3, 0.4) is 0 Å². The minimum Gasteiger partial charge on any atom is -0.348 e. The van der Waals surface area contributed by atoms with Gasteiger partial charge < -0.3 is 9.88 Å². The van der Waals surface area contributed by atoms with Crippen LogP contribution in [0.25, 0.3) is 10.9 Å². The fraction of sp³-hybridized carbons (Fsp3) is 0.211. The summed E-state index contributed by atoms with van der Waals surface area (Å²) in [6, 6.07) is 8.77. The molecule has 1 aromatic heterocycles. The van der Waals surface area contributed by atoms with E-state index >= 15 is 0 Å². The number of carbonyl (C=O) groups is 1. The molecule has 3 aromatic rings. The minimum atomic E-state index is -4.57. The normalized spacial score (nSPS) is 11.8. The lowest BCUT2D eigenvalue weighted by atomic mass is 10.1. The molecule has 0 unspecified atom stereocenters. The first kappa shape index (κ1) is 18.5. The van der Waals surface area contributed by atoms with Crippen LogP contribution >= 0.6 is 15.9 Å². The lowest BCUT2D eigenvalue weighted by Gasteiger charge is -2.14. The summed E-state index contributed by atoms with van der Waals surface area (Å²) in [7, 11) is 1.93. The van der Waals surface area contributed by atoms with E-state index in [0.29, 0.717) is 10.0 Å². The molecule has 1 amide bonds. The van der Waals surface area contributed by atoms with Crippen molar-refractivity contribution in [2.75, 3.05) is 5.32 Å². The average Bonchev–Trinajstić information content (AvgIpc) is 2.79. The summed E-state index contributed by atoms with van der Waals surface area (Å²) in [6.07, 6.45) is -4.57. The SMILES string of the molecule is Cc1c(C)n(C)c2ccc(C(=O)Nc3ccc(Br)cc3C(F)(F)F)cc12. The molecule has 0 bridgehead atoms. The van der Waals surface area contributed by atoms with Gasteiger partial charge in [0.05, 0.1) is 11.3 Å². The van der Waals surface area contributed by atoms with Crippen molar-refractivity contribution in [1.29, 1.82) is 0 Å². The molecular weight excluding hydrogens is 409 g/mol. The highest BCUT2D eigenvalue weighted by molar-refractivity contribution is 9.10. The Balaban J connectivity index is 1.99. The van der Waals surface area contributed by atoms with Crippen LogP contribution in [0.2, 0.25) is 0 Å². The number of aromatic nitrogens is 1. The molecule has 0 aliphatic rings. The number of aryl methyl sites for hydroxylation is 2. The second-order valence-electron chi connectivity index (χ2n) is 6.14. The summed E-state index contributed by atoms with van der Waals surface area (Å²) in [6.45, 7) is 3.93. The lowest BCUT2D eigenvalue weighted by molar-refractivity contribution is -0.136. The zero-order chi connectivity index (χ0) is 19.2. The van der Waals surface area contributed by atoms with Crippen LogP contribution in [0.1, 0.15) is 27.2 Å². The molecule has 1 N–H and O–H groups in total. The molecule has 2 aromatic carbocycles. The van der Waals surface area contributed by atoms with Gasteiger partial charge in [-0.1, -0.05) is 15.9 Å². The van der Waals surface area contributed by atoms with E-state index in [1.165, 1.54) is 12.1 Å². The molecule has 26 heavy (non-hydrogen) atoms. The second kappa shape index (κ2) is 6.46. The molecule has 0 saturated carbocycles. The zero-order valence-electron chi connectivity index (χ0n) is 14.3. The quantitative estimate of drug-likeness (QED) is 0.551. The van der Waals surface area contributed by atoms with E-state index in [4.69, 9.17) is 0 Å². The van der Waals surface area contributed by atoms with Gasteiger partial charge in [0.25, 0.3) is 5.91 Å². The van der Waals surface area contributed by atoms with Crippen LogP contribution in [0.15, 0.2) is 40.9 Å². The first-order valence-corrected chi connectivity index (χ1v) is 8.62. The number of carbonyl (C=O) groups excluding carboxylic acids is 1. The average molecular weight is 425 g/mol. The number of halogens is 4. The number of fused-ring (bicyclic) bond motifs is 1. The van der Waals surface area contributed by atoms with Gasteiger partial charge in [0, 0.05) is 33.7 Å². The van der Waals surface area contributed by atoms with E-state index in [9.17, 15) is 18.0 Å². The van der Waals surface area contributed by atoms with Gasteiger partial charge in [0.2, 0.25) is 0 Å². The molecule has 3 nitrogen and oxygen atoms in total. The molecule has 0 atom stereocenters. The smallest absolute Gasteiger partial charge is 0.348 e. The van der Waals surface area contributed by atoms with E-state index in [2.05, 4.69) is 21.2 Å². The Bertz CT molecular complexity index is 1020. The Morgan fingerprint density at radius 3 is 2.46 bits per heavy atom. The number of hydrogen-bond donors (Lipinski definition) is 1. The highest BCUT2D eigenvalue weighted by atomic mass is 79.9. The van der Waals surface area contributed by atoms with E-state index < -0.39 is 17.6 Å². The molecule has 0 radical (unpaired) electrons. The Morgan fingerprint density at radius 1 is 1.12 bits per heavy atom. The predicted molar refractivity (Wildman–Crippen MR) is 99.5 cm³/mol. The summed E-state index contributed by atoms with van der Waals surface area (Å²) in [4.78, 5) is 12.5. The third-order valence-corrected chi connectivity index (χ3v) is 5.10. The summed E-state index contributed by atoms with van der Waals surface area (Å²) in [5, 5.41) is 3.29. The van der Waals surface area contributed by atoms with E-state index in [0.717, 1.165) is 28.2 Å².